The zero-order chi connectivity index (χ0) is 16.6. The first-order valence-corrected chi connectivity index (χ1v) is 8.98. The second-order valence-electron chi connectivity index (χ2n) is 5.88. The minimum Gasteiger partial charge on any atom is -0.378 e. The standard InChI is InChI=1S/C15H19FN2O4S/c1-11-8-12(17-4-6-22-7-5-17)2-3-14(11)18-10-13(9-15(18)19)23(16,20)21/h2-3,8,13H,4-7,9-10H2,1H3. The molecule has 0 aliphatic carbocycles. The molecule has 1 amide bonds. The van der Waals surface area contributed by atoms with Crippen LogP contribution in [0.4, 0.5) is 15.3 Å². The Kier molecular flexibility index (Phi) is 4.29. The zero-order valence-corrected chi connectivity index (χ0v) is 13.7. The molecule has 2 aliphatic rings. The quantitative estimate of drug-likeness (QED) is 0.773. The highest BCUT2D eigenvalue weighted by molar-refractivity contribution is 7.87. The topological polar surface area (TPSA) is 66.9 Å². The molecule has 0 spiro atoms. The lowest BCUT2D eigenvalue weighted by Crippen LogP contribution is -2.36. The molecule has 1 unspecified atom stereocenters. The van der Waals surface area contributed by atoms with Gasteiger partial charge in [-0.1, -0.05) is 0 Å². The molecular formula is C15H19FN2O4S. The first-order valence-electron chi connectivity index (χ1n) is 7.53. The Morgan fingerprint density at radius 1 is 1.26 bits per heavy atom. The van der Waals surface area contributed by atoms with Crippen molar-refractivity contribution in [3.8, 4) is 0 Å². The van der Waals surface area contributed by atoms with Gasteiger partial charge in [-0.25, -0.2) is 0 Å². The summed E-state index contributed by atoms with van der Waals surface area (Å²) in [6.07, 6.45) is -0.302. The third kappa shape index (κ3) is 3.32. The summed E-state index contributed by atoms with van der Waals surface area (Å²) in [6.45, 7) is 4.72. The van der Waals surface area contributed by atoms with Crippen molar-refractivity contribution >= 4 is 27.5 Å². The number of benzene rings is 1. The summed E-state index contributed by atoms with van der Waals surface area (Å²) in [6, 6.07) is 5.66. The molecule has 8 heteroatoms. The summed E-state index contributed by atoms with van der Waals surface area (Å²) in [4.78, 5) is 15.6. The lowest BCUT2D eigenvalue weighted by Gasteiger charge is -2.30. The Balaban J connectivity index is 1.82. The second kappa shape index (κ2) is 6.09. The van der Waals surface area contributed by atoms with Crippen LogP contribution in [0.5, 0.6) is 0 Å². The van der Waals surface area contributed by atoms with Crippen LogP contribution in [0, 0.1) is 6.92 Å². The predicted molar refractivity (Wildman–Crippen MR) is 85.0 cm³/mol. The SMILES string of the molecule is Cc1cc(N2CCOCC2)ccc1N1CC(S(=O)(=O)F)CC1=O. The second-order valence-corrected chi connectivity index (χ2v) is 7.49. The van der Waals surface area contributed by atoms with E-state index < -0.39 is 15.5 Å². The normalized spacial score (nSPS) is 22.7. The highest BCUT2D eigenvalue weighted by Crippen LogP contribution is 2.31. The molecule has 0 bridgehead atoms. The third-order valence-corrected chi connectivity index (χ3v) is 5.45. The third-order valence-electron chi connectivity index (χ3n) is 4.34. The van der Waals surface area contributed by atoms with E-state index in [1.165, 1.54) is 4.90 Å². The average molecular weight is 342 g/mol. The van der Waals surface area contributed by atoms with E-state index in [1.54, 1.807) is 6.07 Å². The molecule has 2 heterocycles. The number of hydrogen-bond acceptors (Lipinski definition) is 5. The summed E-state index contributed by atoms with van der Waals surface area (Å²) in [7, 11) is -4.70. The summed E-state index contributed by atoms with van der Waals surface area (Å²) >= 11 is 0. The van der Waals surface area contributed by atoms with Crippen molar-refractivity contribution in [2.24, 2.45) is 0 Å². The molecule has 1 aromatic rings. The van der Waals surface area contributed by atoms with E-state index >= 15 is 0 Å². The Labute approximate surface area is 135 Å². The fourth-order valence-corrected chi connectivity index (χ4v) is 3.73. The van der Waals surface area contributed by atoms with Gasteiger partial charge in [0, 0.05) is 37.4 Å². The molecule has 3 rings (SSSR count). The van der Waals surface area contributed by atoms with E-state index in [0.29, 0.717) is 18.9 Å². The monoisotopic (exact) mass is 342 g/mol. The van der Waals surface area contributed by atoms with Crippen LogP contribution in [0.3, 0.4) is 0 Å². The number of morpholine rings is 1. The van der Waals surface area contributed by atoms with Gasteiger partial charge < -0.3 is 14.5 Å². The van der Waals surface area contributed by atoms with Crippen LogP contribution in [0.25, 0.3) is 0 Å². The van der Waals surface area contributed by atoms with Crippen LogP contribution in [0.1, 0.15) is 12.0 Å². The zero-order valence-electron chi connectivity index (χ0n) is 12.9. The van der Waals surface area contributed by atoms with Crippen molar-refractivity contribution in [3.63, 3.8) is 0 Å². The number of anilines is 2. The minimum absolute atomic E-state index is 0.130. The molecular weight excluding hydrogens is 323 g/mol. The Hall–Kier alpha value is -1.67. The van der Waals surface area contributed by atoms with E-state index in [2.05, 4.69) is 4.90 Å². The van der Waals surface area contributed by atoms with Gasteiger partial charge in [0.05, 0.1) is 13.2 Å². The van der Waals surface area contributed by atoms with Crippen molar-refractivity contribution in [2.45, 2.75) is 18.6 Å². The summed E-state index contributed by atoms with van der Waals surface area (Å²) < 4.78 is 40.5. The summed E-state index contributed by atoms with van der Waals surface area (Å²) in [5, 5.41) is -1.27. The molecule has 0 N–H and O–H groups in total. The van der Waals surface area contributed by atoms with Gasteiger partial charge in [-0.2, -0.15) is 8.42 Å². The molecule has 0 saturated carbocycles. The van der Waals surface area contributed by atoms with Crippen molar-refractivity contribution < 1.29 is 21.8 Å². The van der Waals surface area contributed by atoms with Crippen LogP contribution in [0.2, 0.25) is 0 Å². The number of hydrogen-bond donors (Lipinski definition) is 0. The van der Waals surface area contributed by atoms with Crippen molar-refractivity contribution in [3.05, 3.63) is 23.8 Å². The lowest BCUT2D eigenvalue weighted by molar-refractivity contribution is -0.117. The molecule has 1 aromatic carbocycles. The highest BCUT2D eigenvalue weighted by atomic mass is 32.3. The van der Waals surface area contributed by atoms with Crippen LogP contribution in [0.15, 0.2) is 18.2 Å². The number of nitrogens with zero attached hydrogens (tertiary/aromatic N) is 2. The van der Waals surface area contributed by atoms with Crippen LogP contribution >= 0.6 is 0 Å². The average Bonchev–Trinajstić information content (AvgIpc) is 2.90. The van der Waals surface area contributed by atoms with Gasteiger partial charge in [-0.15, -0.1) is 3.89 Å². The minimum atomic E-state index is -4.70. The van der Waals surface area contributed by atoms with Crippen LogP contribution in [-0.4, -0.2) is 52.4 Å². The van der Waals surface area contributed by atoms with E-state index in [4.69, 9.17) is 4.74 Å². The van der Waals surface area contributed by atoms with E-state index in [9.17, 15) is 17.1 Å². The van der Waals surface area contributed by atoms with Crippen molar-refractivity contribution in [1.82, 2.24) is 0 Å². The molecule has 0 aromatic heterocycles. The Morgan fingerprint density at radius 3 is 2.52 bits per heavy atom. The predicted octanol–water partition coefficient (Wildman–Crippen LogP) is 1.24. The van der Waals surface area contributed by atoms with Gasteiger partial charge in [-0.3, -0.25) is 4.79 Å². The molecule has 0 radical (unpaired) electrons. The number of carbonyl (C=O) groups is 1. The lowest BCUT2D eigenvalue weighted by atomic mass is 10.1. The number of halogens is 1. The summed E-state index contributed by atoms with van der Waals surface area (Å²) in [5.74, 6) is -0.363. The molecule has 6 nitrogen and oxygen atoms in total. The van der Waals surface area contributed by atoms with Crippen LogP contribution in [-0.2, 0) is 19.8 Å². The largest absolute Gasteiger partial charge is 0.378 e. The van der Waals surface area contributed by atoms with E-state index in [0.717, 1.165) is 24.3 Å². The molecule has 23 heavy (non-hydrogen) atoms. The smallest absolute Gasteiger partial charge is 0.307 e. The van der Waals surface area contributed by atoms with Gasteiger partial charge in [0.15, 0.2) is 0 Å². The van der Waals surface area contributed by atoms with Gasteiger partial charge in [0.2, 0.25) is 5.91 Å². The van der Waals surface area contributed by atoms with Gasteiger partial charge in [0.1, 0.15) is 5.25 Å². The van der Waals surface area contributed by atoms with Crippen LogP contribution < -0.4 is 9.80 Å². The number of rotatable bonds is 3. The Bertz CT molecular complexity index is 716. The highest BCUT2D eigenvalue weighted by Gasteiger charge is 2.39. The maximum Gasteiger partial charge on any atom is 0.307 e. The fourth-order valence-electron chi connectivity index (χ4n) is 3.06. The summed E-state index contributed by atoms with van der Waals surface area (Å²) in [5.41, 5.74) is 2.54. The van der Waals surface area contributed by atoms with Crippen molar-refractivity contribution in [2.75, 3.05) is 42.6 Å². The molecule has 2 aliphatic heterocycles. The van der Waals surface area contributed by atoms with Crippen molar-refractivity contribution in [1.29, 1.82) is 0 Å². The first-order chi connectivity index (χ1) is 10.9. The molecule has 126 valence electrons. The molecule has 2 saturated heterocycles. The first kappa shape index (κ1) is 16.2. The Morgan fingerprint density at radius 2 is 1.96 bits per heavy atom. The maximum atomic E-state index is 13.1. The number of ether oxygens (including phenoxy) is 1. The number of carbonyl (C=O) groups excluding carboxylic acids is 1. The number of aryl methyl sites for hydroxylation is 1. The van der Waals surface area contributed by atoms with E-state index in [1.807, 2.05) is 19.1 Å². The molecule has 2 fully saturated rings. The maximum absolute atomic E-state index is 13.1. The molecule has 1 atom stereocenters. The van der Waals surface area contributed by atoms with Gasteiger partial charge >= 0.3 is 10.2 Å². The van der Waals surface area contributed by atoms with E-state index in [-0.39, 0.29) is 18.9 Å². The number of amides is 1. The van der Waals surface area contributed by atoms with Gasteiger partial charge in [-0.05, 0) is 30.7 Å². The fraction of sp³-hybridized carbons (Fsp3) is 0.533. The van der Waals surface area contributed by atoms with Gasteiger partial charge in [0.25, 0.3) is 0 Å².